The Hall–Kier alpha value is -0.180. The molecule has 3 heteroatoms. The zero-order valence-electron chi connectivity index (χ0n) is 8.90. The maximum Gasteiger partial charge on any atom is 0.262 e. The van der Waals surface area contributed by atoms with Gasteiger partial charge in [-0.1, -0.05) is 27.7 Å². The lowest BCUT2D eigenvalue weighted by atomic mass is 9.85. The van der Waals surface area contributed by atoms with Gasteiger partial charge in [-0.2, -0.15) is 0 Å². The molecule has 1 aliphatic rings. The molecule has 1 atom stereocenters. The van der Waals surface area contributed by atoms with Crippen molar-refractivity contribution in [1.29, 1.82) is 0 Å². The highest BCUT2D eigenvalue weighted by Gasteiger charge is 2.48. The molecule has 0 spiro atoms. The molecule has 0 N–H and O–H groups in total. The number of nitrogens with zero attached hydrogens (tertiary/aromatic N) is 1. The molecule has 0 radical (unpaired) electrons. The Balaban J connectivity index is 2.75. The van der Waals surface area contributed by atoms with E-state index < -0.39 is 5.92 Å². The molecule has 0 aliphatic carbocycles. The second-order valence-corrected chi connectivity index (χ2v) is 5.00. The molecule has 1 rings (SSSR count). The molecule has 78 valence electrons. The highest BCUT2D eigenvalue weighted by Crippen LogP contribution is 2.39. The van der Waals surface area contributed by atoms with Crippen molar-refractivity contribution in [1.82, 2.24) is 4.90 Å². The third-order valence-corrected chi connectivity index (χ3v) is 2.77. The van der Waals surface area contributed by atoms with Crippen LogP contribution in [0.4, 0.5) is 8.78 Å². The summed E-state index contributed by atoms with van der Waals surface area (Å²) in [5, 5.41) is 0. The quantitative estimate of drug-likeness (QED) is 0.616. The zero-order valence-corrected chi connectivity index (χ0v) is 8.90. The Bertz CT molecular complexity index is 184. The van der Waals surface area contributed by atoms with E-state index in [1.54, 1.807) is 0 Å². The van der Waals surface area contributed by atoms with Gasteiger partial charge in [0.05, 0.1) is 6.54 Å². The molecular formula is C10H19F2N. The van der Waals surface area contributed by atoms with Gasteiger partial charge in [0.15, 0.2) is 0 Å². The van der Waals surface area contributed by atoms with Gasteiger partial charge in [0, 0.05) is 12.5 Å². The Labute approximate surface area is 79.1 Å². The minimum Gasteiger partial charge on any atom is -0.294 e. The number of halogens is 2. The van der Waals surface area contributed by atoms with Crippen LogP contribution in [0.5, 0.6) is 0 Å². The van der Waals surface area contributed by atoms with Crippen LogP contribution < -0.4 is 0 Å². The fourth-order valence-corrected chi connectivity index (χ4v) is 2.07. The molecule has 1 nitrogen and oxygen atoms in total. The molecule has 0 unspecified atom stereocenters. The van der Waals surface area contributed by atoms with Crippen molar-refractivity contribution in [2.45, 2.75) is 46.1 Å². The first kappa shape index (κ1) is 10.9. The van der Waals surface area contributed by atoms with E-state index in [1.165, 1.54) is 0 Å². The number of hydrogen-bond acceptors (Lipinski definition) is 1. The minimum atomic E-state index is -2.48. The van der Waals surface area contributed by atoms with Crippen molar-refractivity contribution in [2.24, 2.45) is 5.41 Å². The summed E-state index contributed by atoms with van der Waals surface area (Å²) in [7, 11) is 0. The average Bonchev–Trinajstić information content (AvgIpc) is 2.24. The van der Waals surface area contributed by atoms with Gasteiger partial charge in [0.1, 0.15) is 0 Å². The maximum absolute atomic E-state index is 13.1. The van der Waals surface area contributed by atoms with Crippen LogP contribution in [0.3, 0.4) is 0 Å². The van der Waals surface area contributed by atoms with Crippen LogP contribution >= 0.6 is 0 Å². The average molecular weight is 191 g/mol. The van der Waals surface area contributed by atoms with Crippen LogP contribution in [0.15, 0.2) is 0 Å². The van der Waals surface area contributed by atoms with Crippen LogP contribution in [0.2, 0.25) is 0 Å². The molecule has 0 bridgehead atoms. The monoisotopic (exact) mass is 191 g/mol. The Kier molecular flexibility index (Phi) is 2.68. The van der Waals surface area contributed by atoms with Crippen LogP contribution in [0, 0.1) is 5.41 Å². The Morgan fingerprint density at radius 1 is 1.38 bits per heavy atom. The van der Waals surface area contributed by atoms with Crippen molar-refractivity contribution in [2.75, 3.05) is 13.1 Å². The molecule has 1 heterocycles. The summed E-state index contributed by atoms with van der Waals surface area (Å²) < 4.78 is 26.2. The lowest BCUT2D eigenvalue weighted by Gasteiger charge is -2.33. The van der Waals surface area contributed by atoms with E-state index in [-0.39, 0.29) is 24.4 Å². The van der Waals surface area contributed by atoms with E-state index in [1.807, 2.05) is 32.6 Å². The summed E-state index contributed by atoms with van der Waals surface area (Å²) in [6, 6.07) is 0.0208. The largest absolute Gasteiger partial charge is 0.294 e. The van der Waals surface area contributed by atoms with Crippen molar-refractivity contribution in [3.63, 3.8) is 0 Å². The smallest absolute Gasteiger partial charge is 0.262 e. The van der Waals surface area contributed by atoms with E-state index in [0.29, 0.717) is 0 Å². The topological polar surface area (TPSA) is 3.24 Å². The molecule has 1 fully saturated rings. The third-order valence-electron chi connectivity index (χ3n) is 2.77. The predicted octanol–water partition coefficient (Wildman–Crippen LogP) is 2.76. The standard InChI is InChI=1S/C10H19F2N/c1-5-13-7-10(11,12)6-8(13)9(2,3)4/h8H,5-7H2,1-4H3/t8-/m0/s1. The summed E-state index contributed by atoms with van der Waals surface area (Å²) in [6.45, 7) is 8.69. The molecule has 0 amide bonds. The number of hydrogen-bond donors (Lipinski definition) is 0. The molecule has 0 aromatic heterocycles. The number of likely N-dealkylation sites (tertiary alicyclic amines) is 1. The minimum absolute atomic E-state index is 0.0182. The Morgan fingerprint density at radius 3 is 2.23 bits per heavy atom. The van der Waals surface area contributed by atoms with Crippen LogP contribution in [-0.2, 0) is 0 Å². The van der Waals surface area contributed by atoms with Crippen LogP contribution in [0.1, 0.15) is 34.1 Å². The first-order valence-corrected chi connectivity index (χ1v) is 4.88. The van der Waals surface area contributed by atoms with Gasteiger partial charge >= 0.3 is 0 Å². The van der Waals surface area contributed by atoms with E-state index in [4.69, 9.17) is 0 Å². The van der Waals surface area contributed by atoms with Gasteiger partial charge in [-0.05, 0) is 12.0 Å². The van der Waals surface area contributed by atoms with Crippen molar-refractivity contribution < 1.29 is 8.78 Å². The lowest BCUT2D eigenvalue weighted by Crippen LogP contribution is -2.39. The van der Waals surface area contributed by atoms with E-state index in [0.717, 1.165) is 6.54 Å². The fraction of sp³-hybridized carbons (Fsp3) is 1.00. The zero-order chi connectivity index (χ0) is 10.3. The SMILES string of the molecule is CCN1CC(F)(F)C[C@H]1C(C)(C)C. The first-order chi connectivity index (χ1) is 5.76. The summed E-state index contributed by atoms with van der Waals surface area (Å²) in [5.41, 5.74) is -0.0457. The van der Waals surface area contributed by atoms with Gasteiger partial charge in [0.25, 0.3) is 5.92 Å². The van der Waals surface area contributed by atoms with E-state index >= 15 is 0 Å². The van der Waals surface area contributed by atoms with Gasteiger partial charge in [-0.25, -0.2) is 8.78 Å². The summed E-state index contributed by atoms with van der Waals surface area (Å²) in [5.74, 6) is -2.48. The van der Waals surface area contributed by atoms with Gasteiger partial charge in [0.2, 0.25) is 0 Å². The fourth-order valence-electron chi connectivity index (χ4n) is 2.07. The van der Waals surface area contributed by atoms with E-state index in [2.05, 4.69) is 0 Å². The second kappa shape index (κ2) is 3.19. The lowest BCUT2D eigenvalue weighted by molar-refractivity contribution is 0.0118. The summed E-state index contributed by atoms with van der Waals surface area (Å²) in [4.78, 5) is 1.89. The number of alkyl halides is 2. The van der Waals surface area contributed by atoms with Gasteiger partial charge in [-0.15, -0.1) is 0 Å². The van der Waals surface area contributed by atoms with E-state index in [9.17, 15) is 8.78 Å². The molecule has 1 aliphatic heterocycles. The molecule has 1 saturated heterocycles. The van der Waals surface area contributed by atoms with Crippen molar-refractivity contribution in [3.8, 4) is 0 Å². The molecule has 0 saturated carbocycles. The van der Waals surface area contributed by atoms with Gasteiger partial charge in [-0.3, -0.25) is 4.90 Å². The third kappa shape index (κ3) is 2.39. The Morgan fingerprint density at radius 2 is 1.92 bits per heavy atom. The molecular weight excluding hydrogens is 172 g/mol. The number of rotatable bonds is 1. The molecule has 13 heavy (non-hydrogen) atoms. The summed E-state index contributed by atoms with van der Waals surface area (Å²) in [6.07, 6.45) is 0.0182. The normalized spacial score (nSPS) is 29.5. The maximum atomic E-state index is 13.1. The van der Waals surface area contributed by atoms with Crippen molar-refractivity contribution >= 4 is 0 Å². The highest BCUT2D eigenvalue weighted by atomic mass is 19.3. The highest BCUT2D eigenvalue weighted by molar-refractivity contribution is 4.95. The second-order valence-electron chi connectivity index (χ2n) is 5.00. The van der Waals surface area contributed by atoms with Crippen LogP contribution in [-0.4, -0.2) is 30.0 Å². The predicted molar refractivity (Wildman–Crippen MR) is 50.1 cm³/mol. The molecule has 0 aromatic rings. The van der Waals surface area contributed by atoms with Gasteiger partial charge < -0.3 is 0 Å². The first-order valence-electron chi connectivity index (χ1n) is 4.88. The van der Waals surface area contributed by atoms with Crippen LogP contribution in [0.25, 0.3) is 0 Å². The summed E-state index contributed by atoms with van der Waals surface area (Å²) >= 11 is 0. The van der Waals surface area contributed by atoms with Crippen molar-refractivity contribution in [3.05, 3.63) is 0 Å². The molecule has 0 aromatic carbocycles.